The maximum absolute atomic E-state index is 5.60. The first kappa shape index (κ1) is 55.4. The van der Waals surface area contributed by atoms with Crippen LogP contribution in [0, 0.1) is 41.5 Å². The molecule has 5 heteroatoms. The molecule has 0 bridgehead atoms. The SMILES string of the molecule is Cc1cc(C)c(-c2ccc3c(c2)c2cc(-c4c(C)cc(C)cc4C)ccc2n3-c2c(-c3cccc(-n4c5ccccc5c5ccccc54)c3)cc(-c3nc(-c4ccccc4)cc(-c4ccccc4)n3)cc2-c2cccc(-n3c4ccccc4c4ccccc43)c2)c(C)c1. The summed E-state index contributed by atoms with van der Waals surface area (Å²) < 4.78 is 7.44. The van der Waals surface area contributed by atoms with Crippen molar-refractivity contribution in [1.29, 1.82) is 0 Å². The molecule has 0 saturated heterocycles. The van der Waals surface area contributed by atoms with E-state index in [9.17, 15) is 0 Å². The van der Waals surface area contributed by atoms with Gasteiger partial charge in [-0.3, -0.25) is 0 Å². The van der Waals surface area contributed by atoms with E-state index in [0.29, 0.717) is 5.82 Å². The van der Waals surface area contributed by atoms with Gasteiger partial charge >= 0.3 is 0 Å². The molecule has 0 atom stereocenters. The van der Waals surface area contributed by atoms with Crippen LogP contribution in [0.2, 0.25) is 0 Å². The molecule has 0 fully saturated rings. The van der Waals surface area contributed by atoms with E-state index in [2.05, 4.69) is 340 Å². The molecule has 93 heavy (non-hydrogen) atoms. The van der Waals surface area contributed by atoms with E-state index < -0.39 is 0 Å². The van der Waals surface area contributed by atoms with Gasteiger partial charge in [0.25, 0.3) is 0 Å². The zero-order valence-electron chi connectivity index (χ0n) is 52.9. The minimum atomic E-state index is 0.630. The Morgan fingerprint density at radius 2 is 0.581 bits per heavy atom. The van der Waals surface area contributed by atoms with Gasteiger partial charge in [-0.15, -0.1) is 0 Å². The largest absolute Gasteiger partial charge is 0.309 e. The van der Waals surface area contributed by atoms with Crippen molar-refractivity contribution in [1.82, 2.24) is 23.7 Å². The number of hydrogen-bond donors (Lipinski definition) is 0. The molecule has 0 radical (unpaired) electrons. The highest BCUT2D eigenvalue weighted by Crippen LogP contribution is 2.48. The Balaban J connectivity index is 1.03. The summed E-state index contributed by atoms with van der Waals surface area (Å²) in [5.41, 5.74) is 31.3. The van der Waals surface area contributed by atoms with Crippen LogP contribution in [0.3, 0.4) is 0 Å². The van der Waals surface area contributed by atoms with Crippen molar-refractivity contribution in [2.24, 2.45) is 0 Å². The fourth-order valence-corrected chi connectivity index (χ4v) is 15.4. The second-order valence-electron chi connectivity index (χ2n) is 25.3. The van der Waals surface area contributed by atoms with Gasteiger partial charge < -0.3 is 13.7 Å². The van der Waals surface area contributed by atoms with Crippen LogP contribution < -0.4 is 0 Å². The van der Waals surface area contributed by atoms with Gasteiger partial charge in [0, 0.05) is 71.5 Å². The Morgan fingerprint density at radius 1 is 0.237 bits per heavy atom. The van der Waals surface area contributed by atoms with Crippen molar-refractivity contribution in [3.8, 4) is 95.5 Å². The summed E-state index contributed by atoms with van der Waals surface area (Å²) in [5.74, 6) is 0.630. The van der Waals surface area contributed by atoms with Crippen molar-refractivity contribution >= 4 is 65.4 Å². The Bertz CT molecular complexity index is 5370. The summed E-state index contributed by atoms with van der Waals surface area (Å²) >= 11 is 0. The fourth-order valence-electron chi connectivity index (χ4n) is 15.4. The minimum Gasteiger partial charge on any atom is -0.309 e. The Hall–Kier alpha value is -11.7. The van der Waals surface area contributed by atoms with Crippen molar-refractivity contribution < 1.29 is 0 Å². The first-order chi connectivity index (χ1) is 45.6. The lowest BCUT2D eigenvalue weighted by atomic mass is 9.91. The maximum atomic E-state index is 5.60. The average molecular weight is 1190 g/mol. The standard InChI is InChI=1S/C88H65N5/c1-54-43-56(3)85(57(4)44-54)64-39-41-83-75(49-64)76-50-65(86-58(5)45-55(2)46-59(86)6)40-42-84(76)93(83)87-73(62-27-21-29-67(47-62)91-79-35-17-13-31-69(79)70-32-14-18-36-80(70)91)51-66(88-89-77(60-23-9-7-10-24-60)53-78(90-88)61-25-11-8-12-26-61)52-74(87)63-28-22-30-68(48-63)92-81-37-19-15-33-71(81)72-34-16-20-38-82(72)92/h7-53H,1-6H3. The number of aromatic nitrogens is 5. The second-order valence-corrected chi connectivity index (χ2v) is 25.3. The summed E-state index contributed by atoms with van der Waals surface area (Å²) in [4.78, 5) is 11.2. The molecule has 13 aromatic carbocycles. The fraction of sp³-hybridized carbons (Fsp3) is 0.0682. The average Bonchev–Trinajstić information content (AvgIpc) is 1.62. The lowest BCUT2D eigenvalue weighted by Gasteiger charge is -2.22. The minimum absolute atomic E-state index is 0.630. The molecule has 0 saturated carbocycles. The third-order valence-electron chi connectivity index (χ3n) is 19.1. The molecule has 0 spiro atoms. The highest BCUT2D eigenvalue weighted by Gasteiger charge is 2.26. The number of aryl methyl sites for hydroxylation is 6. The normalized spacial score (nSPS) is 11.8. The summed E-state index contributed by atoms with van der Waals surface area (Å²) in [7, 11) is 0. The van der Waals surface area contributed by atoms with Crippen LogP contribution in [-0.4, -0.2) is 23.7 Å². The Labute approximate surface area is 541 Å². The van der Waals surface area contributed by atoms with E-state index in [4.69, 9.17) is 9.97 Å². The highest BCUT2D eigenvalue weighted by atomic mass is 15.0. The maximum Gasteiger partial charge on any atom is 0.160 e. The lowest BCUT2D eigenvalue weighted by Crippen LogP contribution is -2.04. The predicted molar refractivity (Wildman–Crippen MR) is 392 cm³/mol. The molecule has 4 aromatic heterocycles. The number of para-hydroxylation sites is 4. The van der Waals surface area contributed by atoms with E-state index in [1.54, 1.807) is 0 Å². The van der Waals surface area contributed by atoms with E-state index in [-0.39, 0.29) is 0 Å². The van der Waals surface area contributed by atoms with Crippen LogP contribution in [0.15, 0.2) is 285 Å². The Kier molecular flexibility index (Phi) is 13.2. The third kappa shape index (κ3) is 9.29. The van der Waals surface area contributed by atoms with E-state index in [1.807, 2.05) is 0 Å². The van der Waals surface area contributed by atoms with E-state index in [0.717, 1.165) is 100 Å². The molecule has 5 nitrogen and oxygen atoms in total. The van der Waals surface area contributed by atoms with Crippen LogP contribution in [0.5, 0.6) is 0 Å². The third-order valence-corrected chi connectivity index (χ3v) is 19.1. The molecule has 442 valence electrons. The van der Waals surface area contributed by atoms with Crippen LogP contribution >= 0.6 is 0 Å². The van der Waals surface area contributed by atoms with Crippen molar-refractivity contribution in [2.45, 2.75) is 41.5 Å². The molecular weight excluding hydrogens is 1130 g/mol. The number of benzene rings is 13. The van der Waals surface area contributed by atoms with Crippen molar-refractivity contribution in [3.05, 3.63) is 318 Å². The molecule has 0 unspecified atom stereocenters. The Morgan fingerprint density at radius 3 is 0.968 bits per heavy atom. The van der Waals surface area contributed by atoms with Gasteiger partial charge in [0.05, 0.1) is 50.2 Å². The van der Waals surface area contributed by atoms with Crippen molar-refractivity contribution in [2.75, 3.05) is 0 Å². The van der Waals surface area contributed by atoms with Crippen LogP contribution in [0.4, 0.5) is 0 Å². The van der Waals surface area contributed by atoms with Crippen LogP contribution in [0.25, 0.3) is 161 Å². The number of fused-ring (bicyclic) bond motifs is 9. The smallest absolute Gasteiger partial charge is 0.160 e. The van der Waals surface area contributed by atoms with Gasteiger partial charge in [0.15, 0.2) is 5.82 Å². The summed E-state index contributed by atoms with van der Waals surface area (Å²) in [6.45, 7) is 13.4. The quantitative estimate of drug-likeness (QED) is 0.137. The molecule has 0 N–H and O–H groups in total. The number of hydrogen-bond acceptors (Lipinski definition) is 2. The van der Waals surface area contributed by atoms with Gasteiger partial charge in [0.1, 0.15) is 0 Å². The van der Waals surface area contributed by atoms with Gasteiger partial charge in [-0.2, -0.15) is 0 Å². The molecule has 17 rings (SSSR count). The molecule has 17 aromatic rings. The van der Waals surface area contributed by atoms with Crippen LogP contribution in [0.1, 0.15) is 33.4 Å². The second kappa shape index (κ2) is 22.1. The zero-order chi connectivity index (χ0) is 62.6. The first-order valence-corrected chi connectivity index (χ1v) is 32.2. The summed E-state index contributed by atoms with van der Waals surface area (Å²) in [6.07, 6.45) is 0. The van der Waals surface area contributed by atoms with E-state index >= 15 is 0 Å². The van der Waals surface area contributed by atoms with Gasteiger partial charge in [0.2, 0.25) is 0 Å². The van der Waals surface area contributed by atoms with Gasteiger partial charge in [-0.1, -0.05) is 205 Å². The monoisotopic (exact) mass is 1190 g/mol. The van der Waals surface area contributed by atoms with Crippen molar-refractivity contribution in [3.63, 3.8) is 0 Å². The molecule has 0 amide bonds. The number of nitrogens with zero attached hydrogens (tertiary/aromatic N) is 5. The van der Waals surface area contributed by atoms with Gasteiger partial charge in [-0.05, 0) is 188 Å². The molecule has 0 aliphatic rings. The first-order valence-electron chi connectivity index (χ1n) is 32.2. The lowest BCUT2D eigenvalue weighted by molar-refractivity contribution is 1.16. The molecule has 0 aliphatic heterocycles. The molecular formula is C88H65N5. The topological polar surface area (TPSA) is 40.6 Å². The highest BCUT2D eigenvalue weighted by molar-refractivity contribution is 6.14. The zero-order valence-corrected chi connectivity index (χ0v) is 52.9. The summed E-state index contributed by atoms with van der Waals surface area (Å²) in [6, 6.07) is 105. The van der Waals surface area contributed by atoms with Crippen LogP contribution in [-0.2, 0) is 0 Å². The molecule has 0 aliphatic carbocycles. The molecule has 4 heterocycles. The predicted octanol–water partition coefficient (Wildman–Crippen LogP) is 23.3. The van der Waals surface area contributed by atoms with E-state index in [1.165, 1.54) is 88.0 Å². The van der Waals surface area contributed by atoms with Gasteiger partial charge in [-0.25, -0.2) is 9.97 Å². The number of rotatable bonds is 10. The summed E-state index contributed by atoms with van der Waals surface area (Å²) in [5, 5.41) is 7.22.